The highest BCUT2D eigenvalue weighted by molar-refractivity contribution is 6.20. The number of alkyl halides is 2. The number of nitrogens with one attached hydrogen (secondary N) is 5. The zero-order valence-corrected chi connectivity index (χ0v) is 17.6. The van der Waals surface area contributed by atoms with Crippen LogP contribution < -0.4 is 27.0 Å². The number of amides is 1. The predicted octanol–water partition coefficient (Wildman–Crippen LogP) is 1.08. The molecule has 2 saturated heterocycles. The average Bonchev–Trinajstić information content (AvgIpc) is 3.26. The number of carbonyl (C=O) groups is 1. The Kier molecular flexibility index (Phi) is 6.91. The minimum absolute atomic E-state index is 0.104. The van der Waals surface area contributed by atoms with E-state index in [0.717, 1.165) is 25.7 Å². The summed E-state index contributed by atoms with van der Waals surface area (Å²) in [7, 11) is 0. The number of hydrogen-bond acceptors (Lipinski definition) is 6. The molecule has 0 aromatic carbocycles. The molecule has 7 atom stereocenters. The van der Waals surface area contributed by atoms with Crippen LogP contribution in [0.3, 0.4) is 0 Å². The van der Waals surface area contributed by atoms with Crippen LogP contribution in [0.15, 0.2) is 4.99 Å². The van der Waals surface area contributed by atoms with Crippen molar-refractivity contribution in [2.24, 2.45) is 16.8 Å². The first-order chi connectivity index (χ1) is 14.0. The van der Waals surface area contributed by atoms with E-state index in [1.807, 2.05) is 6.92 Å². The van der Waals surface area contributed by atoms with Crippen LogP contribution in [-0.4, -0.2) is 54.3 Å². The molecule has 7 unspecified atom stereocenters. The van der Waals surface area contributed by atoms with Gasteiger partial charge in [0.25, 0.3) is 0 Å². The SMILES string of the molecule is CC1ONCC1C(=O)N/C(=N/C1CC(C2CC(F)CC(Cl)C2)NN1)NC1CCC1. The van der Waals surface area contributed by atoms with Crippen molar-refractivity contribution in [1.29, 1.82) is 0 Å². The van der Waals surface area contributed by atoms with Crippen LogP contribution in [0.4, 0.5) is 4.39 Å². The maximum absolute atomic E-state index is 13.9. The van der Waals surface area contributed by atoms with E-state index in [1.165, 1.54) is 6.42 Å². The lowest BCUT2D eigenvalue weighted by Crippen LogP contribution is -2.51. The van der Waals surface area contributed by atoms with Gasteiger partial charge in [0.1, 0.15) is 12.3 Å². The molecule has 2 saturated carbocycles. The molecule has 2 aliphatic carbocycles. The van der Waals surface area contributed by atoms with Crippen molar-refractivity contribution < 1.29 is 14.0 Å². The number of carbonyl (C=O) groups excluding carboxylic acids is 1. The molecule has 0 radical (unpaired) electrons. The standard InChI is InChI=1S/C19H32ClFN6O2/c1-10-15(9-22-29-10)18(28)25-19(23-14-3-2-4-14)24-17-8-16(26-27-17)11-5-12(20)7-13(21)6-11/h10-17,22,26-27H,2-9H2,1H3,(H2,23,24,25,28). The number of nitrogens with zero attached hydrogens (tertiary/aromatic N) is 1. The Balaban J connectivity index is 1.37. The number of hydroxylamine groups is 1. The lowest BCUT2D eigenvalue weighted by atomic mass is 9.82. The molecular weight excluding hydrogens is 399 g/mol. The van der Waals surface area contributed by atoms with E-state index in [9.17, 15) is 9.18 Å². The molecule has 1 amide bonds. The summed E-state index contributed by atoms with van der Waals surface area (Å²) >= 11 is 6.23. The summed E-state index contributed by atoms with van der Waals surface area (Å²) in [5.41, 5.74) is 9.24. The van der Waals surface area contributed by atoms with Crippen molar-refractivity contribution in [3.8, 4) is 0 Å². The minimum Gasteiger partial charge on any atom is -0.353 e. The zero-order chi connectivity index (χ0) is 20.4. The van der Waals surface area contributed by atoms with Crippen LogP contribution in [0, 0.1) is 11.8 Å². The lowest BCUT2D eigenvalue weighted by molar-refractivity contribution is -0.124. The largest absolute Gasteiger partial charge is 0.353 e. The molecule has 8 nitrogen and oxygen atoms in total. The number of hydrogen-bond donors (Lipinski definition) is 5. The fourth-order valence-corrected chi connectivity index (χ4v) is 4.97. The van der Waals surface area contributed by atoms with Crippen molar-refractivity contribution in [3.05, 3.63) is 0 Å². The molecule has 0 aromatic heterocycles. The van der Waals surface area contributed by atoms with E-state index in [0.29, 0.717) is 31.4 Å². The topological polar surface area (TPSA) is 98.8 Å². The summed E-state index contributed by atoms with van der Waals surface area (Å²) < 4.78 is 13.9. The number of rotatable bonds is 4. The molecule has 0 aromatic rings. The second kappa shape index (κ2) is 9.43. The smallest absolute Gasteiger partial charge is 0.233 e. The molecule has 0 bridgehead atoms. The summed E-state index contributed by atoms with van der Waals surface area (Å²) in [6, 6.07) is 0.467. The van der Waals surface area contributed by atoms with Crippen LogP contribution >= 0.6 is 11.6 Å². The molecule has 2 aliphatic heterocycles. The van der Waals surface area contributed by atoms with Crippen molar-refractivity contribution in [1.82, 2.24) is 27.0 Å². The predicted molar refractivity (Wildman–Crippen MR) is 109 cm³/mol. The molecule has 0 spiro atoms. The van der Waals surface area contributed by atoms with Gasteiger partial charge in [-0.2, -0.15) is 0 Å². The van der Waals surface area contributed by atoms with Crippen LogP contribution in [0.1, 0.15) is 51.9 Å². The number of halogens is 2. The molecule has 2 heterocycles. The lowest BCUT2D eigenvalue weighted by Gasteiger charge is -2.31. The van der Waals surface area contributed by atoms with Gasteiger partial charge < -0.3 is 5.32 Å². The van der Waals surface area contributed by atoms with E-state index in [1.54, 1.807) is 0 Å². The van der Waals surface area contributed by atoms with Crippen molar-refractivity contribution in [3.63, 3.8) is 0 Å². The Morgan fingerprint density at radius 2 is 2.03 bits per heavy atom. The summed E-state index contributed by atoms with van der Waals surface area (Å²) in [6.07, 6.45) is 4.67. The van der Waals surface area contributed by atoms with Crippen LogP contribution in [0.25, 0.3) is 0 Å². The fraction of sp³-hybridized carbons (Fsp3) is 0.895. The number of hydrazine groups is 1. The zero-order valence-electron chi connectivity index (χ0n) is 16.8. The summed E-state index contributed by atoms with van der Waals surface area (Å²) in [5, 5.41) is 6.22. The summed E-state index contributed by atoms with van der Waals surface area (Å²) in [4.78, 5) is 22.7. The van der Waals surface area contributed by atoms with Gasteiger partial charge >= 0.3 is 0 Å². The van der Waals surface area contributed by atoms with Crippen LogP contribution in [0.2, 0.25) is 0 Å². The van der Waals surface area contributed by atoms with Gasteiger partial charge in [0, 0.05) is 30.4 Å². The Morgan fingerprint density at radius 3 is 2.69 bits per heavy atom. The van der Waals surface area contributed by atoms with Crippen molar-refractivity contribution >= 4 is 23.5 Å². The highest BCUT2D eigenvalue weighted by Crippen LogP contribution is 2.34. The summed E-state index contributed by atoms with van der Waals surface area (Å²) in [5.74, 6) is 0.332. The van der Waals surface area contributed by atoms with Gasteiger partial charge in [-0.1, -0.05) is 0 Å². The highest BCUT2D eigenvalue weighted by atomic mass is 35.5. The fourth-order valence-electron chi connectivity index (χ4n) is 4.55. The Hall–Kier alpha value is -1.00. The number of guanidine groups is 1. The third kappa shape index (κ3) is 5.38. The quantitative estimate of drug-likeness (QED) is 0.260. The molecule has 29 heavy (non-hydrogen) atoms. The Morgan fingerprint density at radius 1 is 1.21 bits per heavy atom. The second-order valence-corrected chi connectivity index (χ2v) is 9.44. The monoisotopic (exact) mass is 430 g/mol. The Labute approximate surface area is 176 Å². The Bertz CT molecular complexity index is 612. The molecule has 10 heteroatoms. The first-order valence-electron chi connectivity index (χ1n) is 10.8. The first kappa shape index (κ1) is 21.2. The van der Waals surface area contributed by atoms with E-state index in [4.69, 9.17) is 21.4 Å². The van der Waals surface area contributed by atoms with Gasteiger partial charge in [0.2, 0.25) is 5.91 Å². The van der Waals surface area contributed by atoms with Crippen LogP contribution in [-0.2, 0) is 9.63 Å². The molecule has 4 aliphatic rings. The van der Waals surface area contributed by atoms with Gasteiger partial charge in [0.05, 0.1) is 12.0 Å². The van der Waals surface area contributed by atoms with Gasteiger partial charge in [-0.3, -0.25) is 20.4 Å². The minimum atomic E-state index is -0.833. The molecular formula is C19H32ClFN6O2. The highest BCUT2D eigenvalue weighted by Gasteiger charge is 2.37. The van der Waals surface area contributed by atoms with E-state index >= 15 is 0 Å². The normalized spacial score (nSPS) is 41.2. The second-order valence-electron chi connectivity index (χ2n) is 8.83. The van der Waals surface area contributed by atoms with Gasteiger partial charge in [-0.15, -0.1) is 11.6 Å². The maximum atomic E-state index is 13.9. The molecule has 5 N–H and O–H groups in total. The van der Waals surface area contributed by atoms with Crippen molar-refractivity contribution in [2.45, 2.75) is 87.8 Å². The average molecular weight is 431 g/mol. The van der Waals surface area contributed by atoms with Gasteiger partial charge in [-0.05, 0) is 51.4 Å². The van der Waals surface area contributed by atoms with E-state index < -0.39 is 6.17 Å². The van der Waals surface area contributed by atoms with E-state index in [-0.39, 0.29) is 41.4 Å². The van der Waals surface area contributed by atoms with Crippen LogP contribution in [0.5, 0.6) is 0 Å². The van der Waals surface area contributed by atoms with Gasteiger partial charge in [0.15, 0.2) is 5.96 Å². The third-order valence-electron chi connectivity index (χ3n) is 6.56. The molecule has 4 fully saturated rings. The first-order valence-corrected chi connectivity index (χ1v) is 11.2. The van der Waals surface area contributed by atoms with Crippen molar-refractivity contribution in [2.75, 3.05) is 6.54 Å². The maximum Gasteiger partial charge on any atom is 0.233 e. The van der Waals surface area contributed by atoms with Gasteiger partial charge in [-0.25, -0.2) is 20.3 Å². The molecule has 4 rings (SSSR count). The summed E-state index contributed by atoms with van der Waals surface area (Å²) in [6.45, 7) is 2.36. The number of aliphatic imine (C=N–C) groups is 1. The van der Waals surface area contributed by atoms with E-state index in [2.05, 4.69) is 27.0 Å². The third-order valence-corrected chi connectivity index (χ3v) is 6.91. The molecule has 164 valence electrons.